The normalized spacial score (nSPS) is 23.2. The molecule has 1 saturated carbocycles. The molecule has 1 aliphatic heterocycles. The monoisotopic (exact) mass is 401 g/mol. The molecule has 4 rings (SSSR count). The van der Waals surface area contributed by atoms with Crippen molar-refractivity contribution < 1.29 is 18.7 Å². The first kappa shape index (κ1) is 20.0. The zero-order chi connectivity index (χ0) is 20.4. The Morgan fingerprint density at radius 1 is 1.31 bits per heavy atom. The van der Waals surface area contributed by atoms with Gasteiger partial charge in [0.05, 0.1) is 18.3 Å². The average molecular weight is 402 g/mol. The Balaban J connectivity index is 1.64. The maximum Gasteiger partial charge on any atom is 0.271 e. The molecule has 29 heavy (non-hydrogen) atoms. The fraction of sp³-hybridized carbons (Fsp3) is 0.636. The summed E-state index contributed by atoms with van der Waals surface area (Å²) in [7, 11) is 1.65. The molecule has 158 valence electrons. The van der Waals surface area contributed by atoms with Crippen molar-refractivity contribution in [2.45, 2.75) is 70.0 Å². The van der Waals surface area contributed by atoms with Crippen molar-refractivity contribution in [3.05, 3.63) is 24.1 Å². The molecule has 2 aromatic heterocycles. The standard InChI is InChI=1S/C22H31N3O4/c1-22(21(27)23-16-8-5-3-4-6-9-16)15-24-17-10-13-29-19(17)14-18(24)20(26)25(22)11-7-12-28-2/h10,13-14,16H,3-9,11-12,15H2,1-2H3,(H,23,27). The average Bonchev–Trinajstić information content (AvgIpc) is 3.19. The van der Waals surface area contributed by atoms with Gasteiger partial charge < -0.3 is 23.9 Å². The molecule has 2 aromatic rings. The first-order valence-corrected chi connectivity index (χ1v) is 10.7. The summed E-state index contributed by atoms with van der Waals surface area (Å²) in [4.78, 5) is 28.6. The van der Waals surface area contributed by atoms with Crippen LogP contribution in [-0.2, 0) is 16.1 Å². The first-order valence-electron chi connectivity index (χ1n) is 10.7. The fourth-order valence-corrected chi connectivity index (χ4v) is 4.75. The van der Waals surface area contributed by atoms with Crippen molar-refractivity contribution >= 4 is 22.9 Å². The first-order chi connectivity index (χ1) is 14.0. The summed E-state index contributed by atoms with van der Waals surface area (Å²) in [5.74, 6) is -0.191. The van der Waals surface area contributed by atoms with E-state index in [1.165, 1.54) is 12.8 Å². The van der Waals surface area contributed by atoms with Gasteiger partial charge in [0.25, 0.3) is 5.91 Å². The van der Waals surface area contributed by atoms with Gasteiger partial charge in [-0.2, -0.15) is 0 Å². The highest BCUT2D eigenvalue weighted by molar-refractivity contribution is 6.02. The van der Waals surface area contributed by atoms with Crippen molar-refractivity contribution in [1.82, 2.24) is 14.8 Å². The number of amides is 2. The minimum Gasteiger partial charge on any atom is -0.463 e. The van der Waals surface area contributed by atoms with Gasteiger partial charge >= 0.3 is 0 Å². The van der Waals surface area contributed by atoms with Crippen molar-refractivity contribution in [2.75, 3.05) is 20.3 Å². The second kappa shape index (κ2) is 8.22. The molecule has 7 heteroatoms. The summed E-state index contributed by atoms with van der Waals surface area (Å²) in [5.41, 5.74) is 1.17. The number of hydrogen-bond acceptors (Lipinski definition) is 4. The molecule has 0 saturated heterocycles. The molecule has 7 nitrogen and oxygen atoms in total. The van der Waals surface area contributed by atoms with E-state index in [0.717, 1.165) is 31.2 Å². The van der Waals surface area contributed by atoms with Gasteiger partial charge in [-0.15, -0.1) is 0 Å². The molecule has 1 unspecified atom stereocenters. The Labute approximate surface area is 171 Å². The number of furan rings is 1. The van der Waals surface area contributed by atoms with Gasteiger partial charge in [-0.25, -0.2) is 0 Å². The SMILES string of the molecule is COCCCN1C(=O)c2cc3occc3n2CC1(C)C(=O)NC1CCCCCC1. The van der Waals surface area contributed by atoms with Crippen LogP contribution in [0.5, 0.6) is 0 Å². The van der Waals surface area contributed by atoms with Crippen LogP contribution in [0.4, 0.5) is 0 Å². The van der Waals surface area contributed by atoms with E-state index in [9.17, 15) is 9.59 Å². The van der Waals surface area contributed by atoms with Gasteiger partial charge in [-0.1, -0.05) is 25.7 Å². The number of hydrogen-bond donors (Lipinski definition) is 1. The van der Waals surface area contributed by atoms with Crippen LogP contribution in [-0.4, -0.2) is 53.1 Å². The van der Waals surface area contributed by atoms with Gasteiger partial charge in [0, 0.05) is 38.4 Å². The van der Waals surface area contributed by atoms with Crippen molar-refractivity contribution in [2.24, 2.45) is 0 Å². The second-order valence-electron chi connectivity index (χ2n) is 8.52. The quantitative estimate of drug-likeness (QED) is 0.595. The number of methoxy groups -OCH3 is 1. The Morgan fingerprint density at radius 2 is 2.07 bits per heavy atom. The second-order valence-corrected chi connectivity index (χ2v) is 8.52. The molecule has 1 N–H and O–H groups in total. The third-order valence-electron chi connectivity index (χ3n) is 6.46. The van der Waals surface area contributed by atoms with E-state index in [2.05, 4.69) is 5.32 Å². The number of aromatic nitrogens is 1. The van der Waals surface area contributed by atoms with Crippen molar-refractivity contribution in [1.29, 1.82) is 0 Å². The van der Waals surface area contributed by atoms with E-state index in [1.54, 1.807) is 24.3 Å². The van der Waals surface area contributed by atoms with Crippen LogP contribution in [0.25, 0.3) is 11.1 Å². The Morgan fingerprint density at radius 3 is 2.79 bits per heavy atom. The minimum absolute atomic E-state index is 0.0637. The smallest absolute Gasteiger partial charge is 0.271 e. The largest absolute Gasteiger partial charge is 0.463 e. The zero-order valence-electron chi connectivity index (χ0n) is 17.4. The lowest BCUT2D eigenvalue weighted by Gasteiger charge is -2.44. The Kier molecular flexibility index (Phi) is 5.67. The van der Waals surface area contributed by atoms with Crippen molar-refractivity contribution in [3.8, 4) is 0 Å². The summed E-state index contributed by atoms with van der Waals surface area (Å²) in [6.45, 7) is 3.34. The summed E-state index contributed by atoms with van der Waals surface area (Å²) in [6.07, 6.45) is 9.10. The van der Waals surface area contributed by atoms with Crippen LogP contribution in [0, 0.1) is 0 Å². The number of fused-ring (bicyclic) bond motifs is 3. The number of ether oxygens (including phenoxy) is 1. The Hall–Kier alpha value is -2.28. The lowest BCUT2D eigenvalue weighted by atomic mass is 9.93. The van der Waals surface area contributed by atoms with Crippen LogP contribution in [0.15, 0.2) is 22.8 Å². The van der Waals surface area contributed by atoms with Crippen LogP contribution >= 0.6 is 0 Å². The summed E-state index contributed by atoms with van der Waals surface area (Å²) in [5, 5.41) is 3.27. The van der Waals surface area contributed by atoms with Gasteiger partial charge in [0.1, 0.15) is 11.2 Å². The molecule has 1 atom stereocenters. The van der Waals surface area contributed by atoms with E-state index < -0.39 is 5.54 Å². The molecular weight excluding hydrogens is 370 g/mol. The number of rotatable bonds is 6. The molecule has 1 aliphatic carbocycles. The Bertz CT molecular complexity index is 878. The highest BCUT2D eigenvalue weighted by Crippen LogP contribution is 2.33. The minimum atomic E-state index is -0.951. The van der Waals surface area contributed by atoms with Crippen LogP contribution in [0.1, 0.15) is 62.4 Å². The summed E-state index contributed by atoms with van der Waals surface area (Å²) in [6, 6.07) is 3.83. The van der Waals surface area contributed by atoms with Gasteiger partial charge in [0.15, 0.2) is 5.58 Å². The molecule has 3 heterocycles. The molecular formula is C22H31N3O4. The highest BCUT2D eigenvalue weighted by atomic mass is 16.5. The molecule has 0 radical (unpaired) electrons. The van der Waals surface area contributed by atoms with E-state index in [-0.39, 0.29) is 17.9 Å². The van der Waals surface area contributed by atoms with Crippen molar-refractivity contribution in [3.63, 3.8) is 0 Å². The molecule has 0 bridgehead atoms. The summed E-state index contributed by atoms with van der Waals surface area (Å²) < 4.78 is 12.6. The number of carbonyl (C=O) groups is 2. The number of carbonyl (C=O) groups excluding carboxylic acids is 2. The molecule has 2 amide bonds. The molecule has 1 fully saturated rings. The topological polar surface area (TPSA) is 76.7 Å². The lowest BCUT2D eigenvalue weighted by molar-refractivity contribution is -0.133. The predicted octanol–water partition coefficient (Wildman–Crippen LogP) is 3.32. The fourth-order valence-electron chi connectivity index (χ4n) is 4.75. The van der Waals surface area contributed by atoms with Crippen LogP contribution in [0.2, 0.25) is 0 Å². The van der Waals surface area contributed by atoms with E-state index in [0.29, 0.717) is 37.4 Å². The van der Waals surface area contributed by atoms with Gasteiger partial charge in [-0.05, 0) is 26.2 Å². The van der Waals surface area contributed by atoms with Crippen LogP contribution < -0.4 is 5.32 Å². The number of nitrogens with one attached hydrogen (secondary N) is 1. The third kappa shape index (κ3) is 3.68. The predicted molar refractivity (Wildman–Crippen MR) is 110 cm³/mol. The maximum atomic E-state index is 13.5. The van der Waals surface area contributed by atoms with Gasteiger partial charge in [-0.3, -0.25) is 9.59 Å². The highest BCUT2D eigenvalue weighted by Gasteiger charge is 2.48. The molecule has 2 aliphatic rings. The maximum absolute atomic E-state index is 13.5. The van der Waals surface area contributed by atoms with E-state index in [4.69, 9.17) is 9.15 Å². The lowest BCUT2D eigenvalue weighted by Crippen LogP contribution is -2.65. The van der Waals surface area contributed by atoms with Crippen LogP contribution in [0.3, 0.4) is 0 Å². The molecule has 0 spiro atoms. The third-order valence-corrected chi connectivity index (χ3v) is 6.46. The van der Waals surface area contributed by atoms with E-state index >= 15 is 0 Å². The number of nitrogens with zero attached hydrogens (tertiary/aromatic N) is 2. The summed E-state index contributed by atoms with van der Waals surface area (Å²) >= 11 is 0. The molecule has 0 aromatic carbocycles. The zero-order valence-corrected chi connectivity index (χ0v) is 17.4. The van der Waals surface area contributed by atoms with E-state index in [1.807, 2.05) is 17.6 Å². The van der Waals surface area contributed by atoms with Gasteiger partial charge in [0.2, 0.25) is 5.91 Å².